The minimum absolute atomic E-state index is 0.0997. The number of nitrogens with zero attached hydrogens (tertiary/aromatic N) is 2. The highest BCUT2D eigenvalue weighted by molar-refractivity contribution is 6.30. The summed E-state index contributed by atoms with van der Waals surface area (Å²) in [5, 5.41) is 13.0. The van der Waals surface area contributed by atoms with E-state index in [1.54, 1.807) is 6.07 Å². The van der Waals surface area contributed by atoms with Gasteiger partial charge in [0.05, 0.1) is 12.1 Å². The third-order valence-corrected chi connectivity index (χ3v) is 4.00. The van der Waals surface area contributed by atoms with Gasteiger partial charge < -0.3 is 10.1 Å². The molecule has 0 aromatic heterocycles. The van der Waals surface area contributed by atoms with Gasteiger partial charge in [-0.3, -0.25) is 4.79 Å². The fraction of sp³-hybridized carbons (Fsp3) is 0.467. The monoisotopic (exact) mass is 294 g/mol. The molecule has 1 aliphatic heterocycles. The van der Waals surface area contributed by atoms with Crippen molar-refractivity contribution < 1.29 is 10.0 Å². The number of oxime groups is 1. The van der Waals surface area contributed by atoms with Crippen LogP contribution in [0.4, 0.5) is 0 Å². The first-order valence-electron chi connectivity index (χ1n) is 6.87. The van der Waals surface area contributed by atoms with Gasteiger partial charge >= 0.3 is 0 Å². The summed E-state index contributed by atoms with van der Waals surface area (Å²) in [5.41, 5.74) is 1.73. The van der Waals surface area contributed by atoms with Gasteiger partial charge in [0.1, 0.15) is 0 Å². The van der Waals surface area contributed by atoms with E-state index in [2.05, 4.69) is 5.16 Å². The fourth-order valence-corrected chi connectivity index (χ4v) is 2.79. The summed E-state index contributed by atoms with van der Waals surface area (Å²) in [4.78, 5) is 14.2. The van der Waals surface area contributed by atoms with E-state index in [9.17, 15) is 4.79 Å². The third-order valence-electron chi connectivity index (χ3n) is 3.77. The average molecular weight is 295 g/mol. The van der Waals surface area contributed by atoms with Gasteiger partial charge in [-0.2, -0.15) is 0 Å². The molecule has 4 nitrogen and oxygen atoms in total. The molecule has 1 aromatic rings. The zero-order valence-corrected chi connectivity index (χ0v) is 12.3. The average Bonchev–Trinajstić information content (AvgIpc) is 2.46. The Morgan fingerprint density at radius 2 is 2.35 bits per heavy atom. The van der Waals surface area contributed by atoms with Crippen molar-refractivity contribution >= 4 is 23.2 Å². The van der Waals surface area contributed by atoms with Crippen LogP contribution in [0.2, 0.25) is 5.02 Å². The smallest absolute Gasteiger partial charge is 0.227 e. The van der Waals surface area contributed by atoms with Gasteiger partial charge in [-0.1, -0.05) is 35.8 Å². The Labute approximate surface area is 124 Å². The predicted molar refractivity (Wildman–Crippen MR) is 79.4 cm³/mol. The highest BCUT2D eigenvalue weighted by atomic mass is 35.5. The van der Waals surface area contributed by atoms with Crippen LogP contribution < -0.4 is 0 Å². The lowest BCUT2D eigenvalue weighted by molar-refractivity contribution is -0.131. The first-order valence-corrected chi connectivity index (χ1v) is 7.25. The van der Waals surface area contributed by atoms with Crippen molar-refractivity contribution in [1.82, 2.24) is 4.90 Å². The quantitative estimate of drug-likeness (QED) is 0.688. The second-order valence-corrected chi connectivity index (χ2v) is 5.53. The fourth-order valence-electron chi connectivity index (χ4n) is 2.57. The summed E-state index contributed by atoms with van der Waals surface area (Å²) in [6.45, 7) is 3.30. The lowest BCUT2D eigenvalue weighted by atomic mass is 9.93. The topological polar surface area (TPSA) is 52.9 Å². The molecule has 0 bridgehead atoms. The maximum atomic E-state index is 12.3. The molecule has 1 fully saturated rings. The first-order chi connectivity index (χ1) is 9.63. The number of rotatable bonds is 3. The summed E-state index contributed by atoms with van der Waals surface area (Å²) in [5.74, 6) is 0.264. The third kappa shape index (κ3) is 3.51. The molecule has 5 heteroatoms. The Morgan fingerprint density at radius 3 is 3.00 bits per heavy atom. The maximum Gasteiger partial charge on any atom is 0.227 e. The molecule has 1 atom stereocenters. The molecule has 1 aliphatic rings. The lowest BCUT2D eigenvalue weighted by Crippen LogP contribution is -2.44. The molecule has 1 heterocycles. The summed E-state index contributed by atoms with van der Waals surface area (Å²) in [7, 11) is 0. The van der Waals surface area contributed by atoms with E-state index in [1.165, 1.54) is 0 Å². The number of benzene rings is 1. The van der Waals surface area contributed by atoms with Gasteiger partial charge in [0.15, 0.2) is 0 Å². The Kier molecular flexibility index (Phi) is 5.01. The highest BCUT2D eigenvalue weighted by Crippen LogP contribution is 2.19. The van der Waals surface area contributed by atoms with Crippen molar-refractivity contribution in [2.45, 2.75) is 26.2 Å². The molecule has 1 N–H and O–H groups in total. The molecule has 1 amide bonds. The normalized spacial score (nSPS) is 21.2. The Morgan fingerprint density at radius 1 is 1.55 bits per heavy atom. The van der Waals surface area contributed by atoms with Gasteiger partial charge in [0.2, 0.25) is 5.91 Å². The second-order valence-electron chi connectivity index (χ2n) is 5.09. The SMILES string of the molecule is CCC1CN(C(=O)Cc2cccc(Cl)c2)CC/C1=N\O. The van der Waals surface area contributed by atoms with Crippen LogP contribution in [0.15, 0.2) is 29.4 Å². The van der Waals surface area contributed by atoms with Crippen molar-refractivity contribution in [2.24, 2.45) is 11.1 Å². The van der Waals surface area contributed by atoms with E-state index < -0.39 is 0 Å². The van der Waals surface area contributed by atoms with Gasteiger partial charge in [-0.15, -0.1) is 0 Å². The molecule has 2 rings (SSSR count). The van der Waals surface area contributed by atoms with E-state index in [0.29, 0.717) is 31.0 Å². The van der Waals surface area contributed by atoms with Crippen molar-refractivity contribution in [1.29, 1.82) is 0 Å². The van der Waals surface area contributed by atoms with Crippen LogP contribution in [0, 0.1) is 5.92 Å². The highest BCUT2D eigenvalue weighted by Gasteiger charge is 2.27. The van der Waals surface area contributed by atoms with Crippen LogP contribution in [-0.4, -0.2) is 34.8 Å². The van der Waals surface area contributed by atoms with Gasteiger partial charge in [0, 0.05) is 30.5 Å². The molecule has 0 aliphatic carbocycles. The molecule has 1 saturated heterocycles. The molecular weight excluding hydrogens is 276 g/mol. The number of likely N-dealkylation sites (tertiary alicyclic amines) is 1. The van der Waals surface area contributed by atoms with Crippen LogP contribution in [0.5, 0.6) is 0 Å². The number of carbonyl (C=O) groups excluding carboxylic acids is 1. The van der Waals surface area contributed by atoms with E-state index in [-0.39, 0.29) is 11.8 Å². The minimum Gasteiger partial charge on any atom is -0.411 e. The number of carbonyl (C=O) groups is 1. The van der Waals surface area contributed by atoms with Gasteiger partial charge in [-0.25, -0.2) is 0 Å². The molecule has 0 saturated carbocycles. The zero-order chi connectivity index (χ0) is 14.5. The number of halogens is 1. The van der Waals surface area contributed by atoms with E-state index in [1.807, 2.05) is 30.0 Å². The Bertz CT molecular complexity index is 516. The standard InChI is InChI=1S/C15H19ClN2O2/c1-2-12-10-18(7-6-14(12)17-20)15(19)9-11-4-3-5-13(16)8-11/h3-5,8,12,20H,2,6-7,9-10H2,1H3/b17-14+. The number of piperidine rings is 1. The summed E-state index contributed by atoms with van der Waals surface area (Å²) >= 11 is 5.93. The molecule has 108 valence electrons. The molecule has 0 radical (unpaired) electrons. The first kappa shape index (κ1) is 14.9. The molecule has 1 aromatic carbocycles. The molecule has 1 unspecified atom stereocenters. The lowest BCUT2D eigenvalue weighted by Gasteiger charge is -2.33. The van der Waals surface area contributed by atoms with Crippen LogP contribution in [-0.2, 0) is 11.2 Å². The van der Waals surface area contributed by atoms with E-state index in [4.69, 9.17) is 16.8 Å². The number of hydrogen-bond donors (Lipinski definition) is 1. The van der Waals surface area contributed by atoms with Crippen LogP contribution >= 0.6 is 11.6 Å². The second kappa shape index (κ2) is 6.75. The molecular formula is C15H19ClN2O2. The van der Waals surface area contributed by atoms with Crippen LogP contribution in [0.3, 0.4) is 0 Å². The minimum atomic E-state index is 0.0997. The van der Waals surface area contributed by atoms with Gasteiger partial charge in [-0.05, 0) is 24.1 Å². The maximum absolute atomic E-state index is 12.3. The van der Waals surface area contributed by atoms with E-state index in [0.717, 1.165) is 17.7 Å². The number of hydrogen-bond acceptors (Lipinski definition) is 3. The van der Waals surface area contributed by atoms with Crippen molar-refractivity contribution in [3.8, 4) is 0 Å². The summed E-state index contributed by atoms with van der Waals surface area (Å²) < 4.78 is 0. The van der Waals surface area contributed by atoms with Crippen molar-refractivity contribution in [3.63, 3.8) is 0 Å². The van der Waals surface area contributed by atoms with Gasteiger partial charge in [0.25, 0.3) is 0 Å². The zero-order valence-electron chi connectivity index (χ0n) is 11.6. The van der Waals surface area contributed by atoms with Crippen molar-refractivity contribution in [2.75, 3.05) is 13.1 Å². The molecule has 0 spiro atoms. The predicted octanol–water partition coefficient (Wildman–Crippen LogP) is 2.97. The molecule has 20 heavy (non-hydrogen) atoms. The summed E-state index contributed by atoms with van der Waals surface area (Å²) in [6, 6.07) is 7.38. The summed E-state index contributed by atoms with van der Waals surface area (Å²) in [6.07, 6.45) is 1.89. The van der Waals surface area contributed by atoms with Crippen LogP contribution in [0.1, 0.15) is 25.3 Å². The largest absolute Gasteiger partial charge is 0.411 e. The Balaban J connectivity index is 2.00. The van der Waals surface area contributed by atoms with Crippen molar-refractivity contribution in [3.05, 3.63) is 34.9 Å². The number of amides is 1. The Hall–Kier alpha value is -1.55. The van der Waals surface area contributed by atoms with Crippen LogP contribution in [0.25, 0.3) is 0 Å². The van der Waals surface area contributed by atoms with E-state index >= 15 is 0 Å².